The fourth-order valence-corrected chi connectivity index (χ4v) is 2.42. The van der Waals surface area contributed by atoms with Crippen molar-refractivity contribution in [2.75, 3.05) is 0 Å². The maximum atomic E-state index is 12.1. The van der Waals surface area contributed by atoms with Crippen LogP contribution in [0.1, 0.15) is 11.3 Å². The first kappa shape index (κ1) is 12.2. The van der Waals surface area contributed by atoms with Crippen LogP contribution in [0.4, 0.5) is 0 Å². The number of fused-ring (bicyclic) bond motifs is 1. The van der Waals surface area contributed by atoms with E-state index in [-0.39, 0.29) is 5.69 Å². The van der Waals surface area contributed by atoms with Gasteiger partial charge < -0.3 is 4.98 Å². The van der Waals surface area contributed by atoms with Crippen LogP contribution in [0.3, 0.4) is 0 Å². The second-order valence-electron chi connectivity index (χ2n) is 4.47. The van der Waals surface area contributed by atoms with E-state index in [9.17, 15) is 4.79 Å². The third kappa shape index (κ3) is 1.90. The number of aromatic nitrogens is 3. The summed E-state index contributed by atoms with van der Waals surface area (Å²) in [6.45, 7) is 3.89. The lowest BCUT2D eigenvalue weighted by Crippen LogP contribution is -2.16. The lowest BCUT2D eigenvalue weighted by Gasteiger charge is -2.06. The molecule has 2 heterocycles. The smallest absolute Gasteiger partial charge is 0.305 e. The van der Waals surface area contributed by atoms with Gasteiger partial charge in [0.15, 0.2) is 0 Å². The van der Waals surface area contributed by atoms with E-state index < -0.39 is 0 Å². The van der Waals surface area contributed by atoms with Crippen molar-refractivity contribution in [3.05, 3.63) is 56.5 Å². The first-order chi connectivity index (χ1) is 9.08. The Labute approximate surface area is 118 Å². The Hall–Kier alpha value is -1.88. The molecule has 0 fully saturated rings. The molecule has 3 rings (SSSR count). The van der Waals surface area contributed by atoms with Crippen molar-refractivity contribution in [2.24, 2.45) is 0 Å². The summed E-state index contributed by atoms with van der Waals surface area (Å²) in [7, 11) is 0. The number of hydrogen-bond acceptors (Lipinski definition) is 2. The van der Waals surface area contributed by atoms with Gasteiger partial charge in [-0.2, -0.15) is 0 Å². The van der Waals surface area contributed by atoms with Gasteiger partial charge >= 0.3 is 5.69 Å². The Kier molecular flexibility index (Phi) is 2.78. The summed E-state index contributed by atoms with van der Waals surface area (Å²) in [5.41, 5.74) is 3.43. The standard InChI is InChI=1S/C14H12BrN3O/c1-8-4-3-5-11-13(8)18(14(19)17-11)12-7-6-10(15)9(2)16-12/h3-7H,1-2H3,(H,17,19). The third-order valence-electron chi connectivity index (χ3n) is 3.14. The van der Waals surface area contributed by atoms with Crippen molar-refractivity contribution in [2.45, 2.75) is 13.8 Å². The molecule has 0 saturated heterocycles. The average Bonchev–Trinajstić information content (AvgIpc) is 2.70. The molecule has 3 aromatic rings. The number of nitrogens with one attached hydrogen (secondary N) is 1. The molecule has 0 aliphatic carbocycles. The van der Waals surface area contributed by atoms with Crippen molar-refractivity contribution in [3.63, 3.8) is 0 Å². The number of aryl methyl sites for hydroxylation is 2. The highest BCUT2D eigenvalue weighted by molar-refractivity contribution is 9.10. The number of H-pyrrole nitrogens is 1. The average molecular weight is 318 g/mol. The Morgan fingerprint density at radius 2 is 2.00 bits per heavy atom. The lowest BCUT2D eigenvalue weighted by molar-refractivity contribution is 0.947. The van der Waals surface area contributed by atoms with E-state index in [1.807, 2.05) is 44.2 Å². The van der Waals surface area contributed by atoms with Gasteiger partial charge in [-0.3, -0.25) is 0 Å². The molecule has 0 amide bonds. The number of hydrogen-bond donors (Lipinski definition) is 1. The fourth-order valence-electron chi connectivity index (χ4n) is 2.20. The largest absolute Gasteiger partial charge is 0.332 e. The molecule has 0 atom stereocenters. The molecule has 0 radical (unpaired) electrons. The van der Waals surface area contributed by atoms with Crippen molar-refractivity contribution < 1.29 is 0 Å². The van der Waals surface area contributed by atoms with Crippen LogP contribution in [0, 0.1) is 13.8 Å². The second kappa shape index (κ2) is 4.35. The van der Waals surface area contributed by atoms with E-state index in [4.69, 9.17) is 0 Å². The van der Waals surface area contributed by atoms with Gasteiger partial charge in [-0.05, 0) is 53.5 Å². The zero-order valence-electron chi connectivity index (χ0n) is 10.6. The maximum absolute atomic E-state index is 12.1. The first-order valence-corrected chi connectivity index (χ1v) is 6.71. The number of rotatable bonds is 1. The van der Waals surface area contributed by atoms with E-state index in [2.05, 4.69) is 25.9 Å². The minimum Gasteiger partial charge on any atom is -0.305 e. The highest BCUT2D eigenvalue weighted by Gasteiger charge is 2.12. The molecular weight excluding hydrogens is 306 g/mol. The molecule has 0 unspecified atom stereocenters. The van der Waals surface area contributed by atoms with E-state index in [0.29, 0.717) is 5.82 Å². The molecule has 19 heavy (non-hydrogen) atoms. The summed E-state index contributed by atoms with van der Waals surface area (Å²) in [5, 5.41) is 0. The number of aromatic amines is 1. The Morgan fingerprint density at radius 1 is 1.21 bits per heavy atom. The summed E-state index contributed by atoms with van der Waals surface area (Å²) >= 11 is 3.42. The van der Waals surface area contributed by atoms with Crippen LogP contribution in [0.2, 0.25) is 0 Å². The number of pyridine rings is 1. The summed E-state index contributed by atoms with van der Waals surface area (Å²) in [5.74, 6) is 0.631. The molecule has 0 aliphatic heterocycles. The zero-order valence-corrected chi connectivity index (χ0v) is 12.2. The monoisotopic (exact) mass is 317 g/mol. The minimum atomic E-state index is -0.168. The van der Waals surface area contributed by atoms with Gasteiger partial charge in [-0.15, -0.1) is 0 Å². The number of para-hydroxylation sites is 1. The van der Waals surface area contributed by atoms with E-state index in [1.165, 1.54) is 0 Å². The SMILES string of the molecule is Cc1nc(-n2c(=O)[nH]c3cccc(C)c32)ccc1Br. The molecule has 5 heteroatoms. The summed E-state index contributed by atoms with van der Waals surface area (Å²) in [6.07, 6.45) is 0. The Bertz CT molecular complexity index is 832. The molecule has 1 N–H and O–H groups in total. The normalized spacial score (nSPS) is 11.1. The first-order valence-electron chi connectivity index (χ1n) is 5.92. The van der Waals surface area contributed by atoms with Crippen LogP contribution in [0.15, 0.2) is 39.6 Å². The van der Waals surface area contributed by atoms with Crippen molar-refractivity contribution in [3.8, 4) is 5.82 Å². The second-order valence-corrected chi connectivity index (χ2v) is 5.33. The number of nitrogens with zero attached hydrogens (tertiary/aromatic N) is 2. The van der Waals surface area contributed by atoms with E-state index in [1.54, 1.807) is 4.57 Å². The van der Waals surface area contributed by atoms with E-state index in [0.717, 1.165) is 26.8 Å². The fraction of sp³-hybridized carbons (Fsp3) is 0.143. The predicted octanol–water partition coefficient (Wildman–Crippen LogP) is 3.09. The van der Waals surface area contributed by atoms with Crippen LogP contribution in [-0.2, 0) is 0 Å². The molecule has 1 aromatic carbocycles. The number of benzene rings is 1. The zero-order chi connectivity index (χ0) is 13.6. The van der Waals surface area contributed by atoms with Gasteiger partial charge in [0.25, 0.3) is 0 Å². The lowest BCUT2D eigenvalue weighted by atomic mass is 10.2. The van der Waals surface area contributed by atoms with Crippen LogP contribution >= 0.6 is 15.9 Å². The van der Waals surface area contributed by atoms with Gasteiger partial charge in [0.2, 0.25) is 0 Å². The van der Waals surface area contributed by atoms with Crippen LogP contribution in [0.25, 0.3) is 16.9 Å². The molecular formula is C14H12BrN3O. The summed E-state index contributed by atoms with van der Waals surface area (Å²) < 4.78 is 2.55. The molecule has 0 aliphatic rings. The highest BCUT2D eigenvalue weighted by atomic mass is 79.9. The summed E-state index contributed by atoms with van der Waals surface area (Å²) in [6, 6.07) is 9.54. The number of halogens is 1. The Morgan fingerprint density at radius 3 is 2.74 bits per heavy atom. The molecule has 0 saturated carbocycles. The Balaban J connectivity index is 2.39. The quantitative estimate of drug-likeness (QED) is 0.749. The topological polar surface area (TPSA) is 50.7 Å². The maximum Gasteiger partial charge on any atom is 0.332 e. The van der Waals surface area contributed by atoms with Crippen LogP contribution in [0.5, 0.6) is 0 Å². The molecule has 0 bridgehead atoms. The minimum absolute atomic E-state index is 0.168. The predicted molar refractivity (Wildman–Crippen MR) is 78.9 cm³/mol. The van der Waals surface area contributed by atoms with Crippen LogP contribution < -0.4 is 5.69 Å². The van der Waals surface area contributed by atoms with Gasteiger partial charge in [0.1, 0.15) is 5.82 Å². The van der Waals surface area contributed by atoms with Gasteiger partial charge in [-0.1, -0.05) is 12.1 Å². The van der Waals surface area contributed by atoms with Gasteiger partial charge in [0, 0.05) is 4.47 Å². The third-order valence-corrected chi connectivity index (χ3v) is 3.98. The van der Waals surface area contributed by atoms with Crippen LogP contribution in [-0.4, -0.2) is 14.5 Å². The van der Waals surface area contributed by atoms with Crippen molar-refractivity contribution in [1.29, 1.82) is 0 Å². The molecule has 0 spiro atoms. The summed E-state index contributed by atoms with van der Waals surface area (Å²) in [4.78, 5) is 19.5. The molecule has 2 aromatic heterocycles. The van der Waals surface area contributed by atoms with Crippen molar-refractivity contribution >= 4 is 27.0 Å². The molecule has 96 valence electrons. The van der Waals surface area contributed by atoms with Gasteiger partial charge in [-0.25, -0.2) is 14.3 Å². The molecule has 4 nitrogen and oxygen atoms in total. The number of imidazole rings is 1. The van der Waals surface area contributed by atoms with Crippen molar-refractivity contribution in [1.82, 2.24) is 14.5 Å². The highest BCUT2D eigenvalue weighted by Crippen LogP contribution is 2.20. The van der Waals surface area contributed by atoms with E-state index >= 15 is 0 Å². The van der Waals surface area contributed by atoms with Gasteiger partial charge in [0.05, 0.1) is 16.7 Å².